The maximum Gasteiger partial charge on any atom is 0.262 e. The van der Waals surface area contributed by atoms with Gasteiger partial charge in [0, 0.05) is 6.42 Å². The highest BCUT2D eigenvalue weighted by atomic mass is 32.1. The van der Waals surface area contributed by atoms with Gasteiger partial charge >= 0.3 is 0 Å². The van der Waals surface area contributed by atoms with Crippen LogP contribution in [0.4, 0.5) is 0 Å². The lowest BCUT2D eigenvalue weighted by molar-refractivity contribution is -0.114. The Morgan fingerprint density at radius 2 is 1.44 bits per heavy atom. The molecule has 9 heteroatoms. The second kappa shape index (κ2) is 7.64. The Balaban J connectivity index is 1.56. The van der Waals surface area contributed by atoms with Gasteiger partial charge in [-0.05, 0) is 36.4 Å². The summed E-state index contributed by atoms with van der Waals surface area (Å²) >= 11 is 2.84. The van der Waals surface area contributed by atoms with Crippen molar-refractivity contribution in [3.8, 4) is 0 Å². The monoisotopic (exact) mass is 507 g/mol. The van der Waals surface area contributed by atoms with Crippen LogP contribution in [0.3, 0.4) is 0 Å². The minimum absolute atomic E-state index is 0.0379. The number of thiazole rings is 2. The summed E-state index contributed by atoms with van der Waals surface area (Å²) in [6.45, 7) is 0. The normalized spacial score (nSPS) is 18.2. The van der Waals surface area contributed by atoms with Crippen molar-refractivity contribution in [1.29, 1.82) is 0 Å². The van der Waals surface area contributed by atoms with E-state index in [1.165, 1.54) is 33.6 Å². The molecule has 0 spiro atoms. The van der Waals surface area contributed by atoms with Crippen molar-refractivity contribution in [2.24, 2.45) is 5.73 Å². The first-order valence-corrected chi connectivity index (χ1v) is 12.9. The van der Waals surface area contributed by atoms with Crippen LogP contribution in [0.2, 0.25) is 0 Å². The molecular formula is C27H17N5O2S2. The molecule has 0 saturated carbocycles. The van der Waals surface area contributed by atoms with Gasteiger partial charge in [-0.2, -0.15) is 0 Å². The van der Waals surface area contributed by atoms with Gasteiger partial charge in [-0.3, -0.25) is 14.2 Å². The van der Waals surface area contributed by atoms with E-state index in [-0.39, 0.29) is 23.5 Å². The highest BCUT2D eigenvalue weighted by molar-refractivity contribution is 7.20. The summed E-state index contributed by atoms with van der Waals surface area (Å²) in [5.41, 5.74) is 8.10. The van der Waals surface area contributed by atoms with Gasteiger partial charge in [0.2, 0.25) is 0 Å². The van der Waals surface area contributed by atoms with Gasteiger partial charge in [0.1, 0.15) is 15.6 Å². The number of carbonyl (C=O) groups is 1. The number of allylic oxidation sites excluding steroid dienone is 2. The van der Waals surface area contributed by atoms with Crippen LogP contribution in [0, 0.1) is 0 Å². The van der Waals surface area contributed by atoms with Gasteiger partial charge in [-0.1, -0.05) is 36.4 Å². The highest BCUT2D eigenvalue weighted by Crippen LogP contribution is 2.48. The fourth-order valence-electron chi connectivity index (χ4n) is 4.89. The number of Topliss-reactive ketones (excluding diaryl/α,β-unsaturated/α-hetero) is 1. The third kappa shape index (κ3) is 2.87. The van der Waals surface area contributed by atoms with E-state index in [0.29, 0.717) is 26.5 Å². The molecule has 0 radical (unpaired) electrons. The van der Waals surface area contributed by atoms with Crippen molar-refractivity contribution in [3.63, 3.8) is 0 Å². The van der Waals surface area contributed by atoms with Gasteiger partial charge in [-0.25, -0.2) is 15.0 Å². The molecule has 0 fully saturated rings. The minimum Gasteiger partial charge on any atom is -0.399 e. The Labute approximate surface area is 212 Å². The molecule has 0 saturated heterocycles. The summed E-state index contributed by atoms with van der Waals surface area (Å²) in [4.78, 5) is 41.6. The molecule has 7 rings (SSSR count). The maximum absolute atomic E-state index is 13.8. The average Bonchev–Trinajstić information content (AvgIpc) is 3.58. The third-order valence-corrected chi connectivity index (χ3v) is 8.88. The van der Waals surface area contributed by atoms with Crippen molar-refractivity contribution in [3.05, 3.63) is 105 Å². The predicted octanol–water partition coefficient (Wildman–Crippen LogP) is 4.70. The zero-order valence-corrected chi connectivity index (χ0v) is 20.3. The number of fused-ring (bicyclic) bond motifs is 3. The number of nitrogens with zero attached hydrogens (tertiary/aromatic N) is 4. The molecule has 1 unspecified atom stereocenters. The molecule has 174 valence electrons. The molecule has 0 amide bonds. The second-order valence-corrected chi connectivity index (χ2v) is 10.7. The Bertz CT molecular complexity index is 1880. The summed E-state index contributed by atoms with van der Waals surface area (Å²) < 4.78 is 3.39. The van der Waals surface area contributed by atoms with Crippen LogP contribution in [0.15, 0.2) is 89.6 Å². The van der Waals surface area contributed by atoms with E-state index in [2.05, 4.69) is 4.98 Å². The topological polar surface area (TPSA) is 104 Å². The molecule has 7 nitrogen and oxygen atoms in total. The molecule has 1 aliphatic carbocycles. The Morgan fingerprint density at radius 1 is 0.806 bits per heavy atom. The zero-order valence-electron chi connectivity index (χ0n) is 18.7. The molecule has 3 aromatic heterocycles. The van der Waals surface area contributed by atoms with Crippen LogP contribution in [-0.4, -0.2) is 25.3 Å². The summed E-state index contributed by atoms with van der Waals surface area (Å²) in [7, 11) is 0. The molecule has 3 heterocycles. The quantitative estimate of drug-likeness (QED) is 0.372. The summed E-state index contributed by atoms with van der Waals surface area (Å²) in [5, 5.41) is 1.57. The Morgan fingerprint density at radius 3 is 2.17 bits per heavy atom. The molecule has 3 aromatic carbocycles. The first-order chi connectivity index (χ1) is 17.6. The molecule has 1 aliphatic rings. The van der Waals surface area contributed by atoms with E-state index in [0.717, 1.165) is 20.4 Å². The number of benzene rings is 3. The van der Waals surface area contributed by atoms with Crippen molar-refractivity contribution >= 4 is 65.4 Å². The lowest BCUT2D eigenvalue weighted by Crippen LogP contribution is -2.44. The number of carbonyl (C=O) groups excluding carboxylic acids is 1. The van der Waals surface area contributed by atoms with Crippen molar-refractivity contribution < 1.29 is 4.79 Å². The van der Waals surface area contributed by atoms with Crippen LogP contribution < -0.4 is 11.3 Å². The summed E-state index contributed by atoms with van der Waals surface area (Å²) in [6, 6.07) is 22.6. The number of ketones is 1. The molecule has 0 bridgehead atoms. The second-order valence-electron chi connectivity index (χ2n) is 8.66. The number of nitrogens with two attached hydrogens (primary N) is 1. The number of para-hydroxylation sites is 3. The zero-order chi connectivity index (χ0) is 24.4. The standard InChI is InChI=1S/C27H17N5O2S2/c28-23-22(24-30-17-9-3-5-11-20(17)35-24)19(33)13-27(23,26-31-18-10-4-6-12-21(18)36-26)32-14-29-16-8-2-1-7-15(16)25(32)34/h1-12,14H,13,28H2. The van der Waals surface area contributed by atoms with Crippen LogP contribution in [0.1, 0.15) is 16.4 Å². The number of hydrogen-bond acceptors (Lipinski definition) is 8. The maximum atomic E-state index is 13.8. The Hall–Kier alpha value is -4.21. The van der Waals surface area contributed by atoms with Gasteiger partial charge in [0.05, 0.1) is 48.9 Å². The SMILES string of the molecule is NC1=C(c2nc3ccccc3s2)C(=O)CC1(c1nc2ccccc2s1)n1cnc2ccccc2c1=O. The van der Waals surface area contributed by atoms with E-state index in [9.17, 15) is 9.59 Å². The van der Waals surface area contributed by atoms with E-state index >= 15 is 0 Å². The fourth-order valence-corrected chi connectivity index (χ4v) is 7.10. The van der Waals surface area contributed by atoms with Crippen molar-refractivity contribution in [1.82, 2.24) is 19.5 Å². The highest BCUT2D eigenvalue weighted by Gasteiger charge is 2.51. The molecule has 36 heavy (non-hydrogen) atoms. The first-order valence-electron chi connectivity index (χ1n) is 11.3. The number of rotatable bonds is 3. The summed E-state index contributed by atoms with van der Waals surface area (Å²) in [6.07, 6.45) is 1.45. The fraction of sp³-hybridized carbons (Fsp3) is 0.0741. The lowest BCUT2D eigenvalue weighted by Gasteiger charge is -2.30. The predicted molar refractivity (Wildman–Crippen MR) is 143 cm³/mol. The molecule has 6 aromatic rings. The molecule has 2 N–H and O–H groups in total. The lowest BCUT2D eigenvalue weighted by atomic mass is 9.95. The van der Waals surface area contributed by atoms with Gasteiger partial charge in [-0.15, -0.1) is 22.7 Å². The van der Waals surface area contributed by atoms with Crippen LogP contribution in [0.5, 0.6) is 0 Å². The van der Waals surface area contributed by atoms with E-state index in [1.807, 2.05) is 54.6 Å². The first kappa shape index (κ1) is 21.1. The number of aromatic nitrogens is 4. The number of hydrogen-bond donors (Lipinski definition) is 1. The van der Waals surface area contributed by atoms with Gasteiger partial charge in [0.25, 0.3) is 5.56 Å². The van der Waals surface area contributed by atoms with E-state index in [1.54, 1.807) is 18.2 Å². The minimum atomic E-state index is -1.30. The molecule has 1 atom stereocenters. The van der Waals surface area contributed by atoms with E-state index in [4.69, 9.17) is 15.7 Å². The smallest absolute Gasteiger partial charge is 0.262 e. The van der Waals surface area contributed by atoms with Crippen molar-refractivity contribution in [2.45, 2.75) is 12.0 Å². The molecule has 0 aliphatic heterocycles. The third-order valence-electron chi connectivity index (χ3n) is 6.64. The molecular weight excluding hydrogens is 490 g/mol. The van der Waals surface area contributed by atoms with Crippen LogP contribution in [0.25, 0.3) is 36.9 Å². The van der Waals surface area contributed by atoms with Crippen LogP contribution >= 0.6 is 22.7 Å². The van der Waals surface area contributed by atoms with Crippen LogP contribution in [-0.2, 0) is 10.3 Å². The van der Waals surface area contributed by atoms with E-state index < -0.39 is 5.54 Å². The van der Waals surface area contributed by atoms with Crippen molar-refractivity contribution in [2.75, 3.05) is 0 Å². The largest absolute Gasteiger partial charge is 0.399 e. The van der Waals surface area contributed by atoms with Gasteiger partial charge < -0.3 is 5.73 Å². The summed E-state index contributed by atoms with van der Waals surface area (Å²) in [5.74, 6) is -0.175. The van der Waals surface area contributed by atoms with Gasteiger partial charge in [0.15, 0.2) is 5.78 Å². The Kier molecular flexibility index (Phi) is 4.48. The average molecular weight is 508 g/mol.